The van der Waals surface area contributed by atoms with E-state index in [0.717, 1.165) is 44.0 Å². The third kappa shape index (κ3) is 8.31. The summed E-state index contributed by atoms with van der Waals surface area (Å²) in [5.74, 6) is 1.31. The first-order valence-electron chi connectivity index (χ1n) is 9.39. The van der Waals surface area contributed by atoms with E-state index in [9.17, 15) is 4.39 Å². The summed E-state index contributed by atoms with van der Waals surface area (Å²) in [6.45, 7) is 8.39. The number of methoxy groups -OCH3 is 1. The Labute approximate surface area is 180 Å². The molecule has 0 radical (unpaired) electrons. The van der Waals surface area contributed by atoms with Crippen molar-refractivity contribution in [2.75, 3.05) is 40.3 Å². The van der Waals surface area contributed by atoms with Crippen LogP contribution in [0.1, 0.15) is 32.3 Å². The summed E-state index contributed by atoms with van der Waals surface area (Å²) in [6, 6.07) is 7.06. The Morgan fingerprint density at radius 3 is 2.52 bits per heavy atom. The van der Waals surface area contributed by atoms with Gasteiger partial charge in [0.2, 0.25) is 0 Å². The molecule has 0 spiro atoms. The zero-order valence-corrected chi connectivity index (χ0v) is 19.3. The highest BCUT2D eigenvalue weighted by atomic mass is 127. The highest BCUT2D eigenvalue weighted by molar-refractivity contribution is 14.0. The lowest BCUT2D eigenvalue weighted by Gasteiger charge is -2.32. The summed E-state index contributed by atoms with van der Waals surface area (Å²) in [5, 5.41) is 6.72. The minimum absolute atomic E-state index is 0. The number of benzene rings is 1. The third-order valence-electron chi connectivity index (χ3n) is 5.07. The van der Waals surface area contributed by atoms with Crippen LogP contribution in [0.15, 0.2) is 29.3 Å². The van der Waals surface area contributed by atoms with Gasteiger partial charge in [0.05, 0.1) is 5.60 Å². The molecule has 1 saturated heterocycles. The van der Waals surface area contributed by atoms with E-state index in [1.54, 1.807) is 20.2 Å². The van der Waals surface area contributed by atoms with Crippen molar-refractivity contribution in [1.82, 2.24) is 15.5 Å². The van der Waals surface area contributed by atoms with E-state index >= 15 is 0 Å². The molecule has 0 aliphatic carbocycles. The van der Waals surface area contributed by atoms with Gasteiger partial charge in [0, 0.05) is 39.4 Å². The van der Waals surface area contributed by atoms with Gasteiger partial charge in [-0.1, -0.05) is 18.2 Å². The number of likely N-dealkylation sites (tertiary alicyclic amines) is 1. The van der Waals surface area contributed by atoms with Crippen molar-refractivity contribution in [1.29, 1.82) is 0 Å². The molecule has 0 atom stereocenters. The zero-order chi connectivity index (χ0) is 19.0. The Morgan fingerprint density at radius 1 is 1.26 bits per heavy atom. The van der Waals surface area contributed by atoms with Gasteiger partial charge in [0.1, 0.15) is 5.82 Å². The van der Waals surface area contributed by atoms with Gasteiger partial charge >= 0.3 is 0 Å². The fourth-order valence-electron chi connectivity index (χ4n) is 3.05. The van der Waals surface area contributed by atoms with Gasteiger partial charge in [-0.3, -0.25) is 9.89 Å². The summed E-state index contributed by atoms with van der Waals surface area (Å²) in [4.78, 5) is 6.61. The largest absolute Gasteiger partial charge is 0.377 e. The van der Waals surface area contributed by atoms with E-state index in [1.165, 1.54) is 6.07 Å². The lowest BCUT2D eigenvalue weighted by Crippen LogP contribution is -2.47. The second-order valence-corrected chi connectivity index (χ2v) is 7.58. The Bertz CT molecular complexity index is 589. The Balaban J connectivity index is 0.00000364. The van der Waals surface area contributed by atoms with Crippen LogP contribution in [0.3, 0.4) is 0 Å². The van der Waals surface area contributed by atoms with Gasteiger partial charge in [0.25, 0.3) is 0 Å². The average Bonchev–Trinajstić information content (AvgIpc) is 2.65. The molecule has 0 amide bonds. The second kappa shape index (κ2) is 11.8. The van der Waals surface area contributed by atoms with Crippen molar-refractivity contribution in [2.45, 2.75) is 38.8 Å². The number of ether oxygens (including phenoxy) is 1. The van der Waals surface area contributed by atoms with Crippen LogP contribution in [0.4, 0.5) is 4.39 Å². The molecular formula is C20H34FIN4O. The first-order valence-corrected chi connectivity index (χ1v) is 9.39. The highest BCUT2D eigenvalue weighted by Crippen LogP contribution is 2.19. The predicted octanol–water partition coefficient (Wildman–Crippen LogP) is 3.25. The molecule has 1 aromatic rings. The van der Waals surface area contributed by atoms with Crippen LogP contribution in [-0.4, -0.2) is 56.8 Å². The minimum Gasteiger partial charge on any atom is -0.377 e. The maximum absolute atomic E-state index is 13.8. The molecule has 1 heterocycles. The number of nitrogens with one attached hydrogen (secondary N) is 2. The molecule has 0 aromatic heterocycles. The lowest BCUT2D eigenvalue weighted by atomic mass is 9.96. The van der Waals surface area contributed by atoms with Gasteiger partial charge in [-0.2, -0.15) is 0 Å². The van der Waals surface area contributed by atoms with Gasteiger partial charge in [-0.15, -0.1) is 24.0 Å². The number of piperidine rings is 1. The van der Waals surface area contributed by atoms with Crippen LogP contribution in [-0.2, 0) is 11.3 Å². The van der Waals surface area contributed by atoms with E-state index in [4.69, 9.17) is 4.74 Å². The van der Waals surface area contributed by atoms with E-state index in [0.29, 0.717) is 19.0 Å². The Morgan fingerprint density at radius 2 is 1.93 bits per heavy atom. The molecule has 1 aliphatic heterocycles. The summed E-state index contributed by atoms with van der Waals surface area (Å²) < 4.78 is 19.2. The van der Waals surface area contributed by atoms with Crippen LogP contribution in [0.25, 0.3) is 0 Å². The first kappa shape index (κ1) is 24.1. The molecule has 0 unspecified atom stereocenters. The van der Waals surface area contributed by atoms with Crippen molar-refractivity contribution in [2.24, 2.45) is 10.9 Å². The lowest BCUT2D eigenvalue weighted by molar-refractivity contribution is 0.0268. The molecule has 27 heavy (non-hydrogen) atoms. The monoisotopic (exact) mass is 492 g/mol. The number of aliphatic imine (C=N–C) groups is 1. The topological polar surface area (TPSA) is 48.9 Å². The second-order valence-electron chi connectivity index (χ2n) is 7.58. The Kier molecular flexibility index (Phi) is 10.5. The fraction of sp³-hybridized carbons (Fsp3) is 0.650. The molecule has 1 fully saturated rings. The summed E-state index contributed by atoms with van der Waals surface area (Å²) in [7, 11) is 3.50. The van der Waals surface area contributed by atoms with Crippen molar-refractivity contribution in [3.63, 3.8) is 0 Å². The number of hydrogen-bond acceptors (Lipinski definition) is 3. The minimum atomic E-state index is -0.227. The zero-order valence-electron chi connectivity index (χ0n) is 16.9. The summed E-state index contributed by atoms with van der Waals surface area (Å²) >= 11 is 0. The number of halogens is 2. The fourth-order valence-corrected chi connectivity index (χ4v) is 3.05. The van der Waals surface area contributed by atoms with Gasteiger partial charge < -0.3 is 15.4 Å². The van der Waals surface area contributed by atoms with Crippen molar-refractivity contribution >= 4 is 29.9 Å². The maximum Gasteiger partial charge on any atom is 0.191 e. The smallest absolute Gasteiger partial charge is 0.191 e. The Hall–Kier alpha value is -0.930. The van der Waals surface area contributed by atoms with Gasteiger partial charge in [0.15, 0.2) is 5.96 Å². The van der Waals surface area contributed by atoms with Crippen molar-refractivity contribution < 1.29 is 9.13 Å². The molecule has 154 valence electrons. The SMILES string of the molecule is CN=C(NCC1CCN(Cc2ccccc2F)CC1)NCC(C)(C)OC.I. The molecule has 2 N–H and O–H groups in total. The quantitative estimate of drug-likeness (QED) is 0.349. The maximum atomic E-state index is 13.8. The predicted molar refractivity (Wildman–Crippen MR) is 120 cm³/mol. The standard InChI is InChI=1S/C20H33FN4O.HI/c1-20(2,26-4)15-24-19(22-3)23-13-16-9-11-25(12-10-16)14-17-7-5-6-8-18(17)21;/h5-8,16H,9-15H2,1-4H3,(H2,22,23,24);1H. The van der Waals surface area contributed by atoms with Crippen LogP contribution in [0.2, 0.25) is 0 Å². The van der Waals surface area contributed by atoms with E-state index in [-0.39, 0.29) is 35.4 Å². The van der Waals surface area contributed by atoms with Crippen molar-refractivity contribution in [3.05, 3.63) is 35.6 Å². The highest BCUT2D eigenvalue weighted by Gasteiger charge is 2.21. The van der Waals surface area contributed by atoms with E-state index in [1.807, 2.05) is 26.0 Å². The molecule has 1 aromatic carbocycles. The number of nitrogens with zero attached hydrogens (tertiary/aromatic N) is 2. The molecule has 0 saturated carbocycles. The average molecular weight is 492 g/mol. The molecule has 5 nitrogen and oxygen atoms in total. The molecule has 1 aliphatic rings. The molecule has 2 rings (SSSR count). The van der Waals surface area contributed by atoms with Crippen molar-refractivity contribution in [3.8, 4) is 0 Å². The van der Waals surface area contributed by atoms with E-state index in [2.05, 4.69) is 20.5 Å². The summed E-state index contributed by atoms with van der Waals surface area (Å²) in [5.41, 5.74) is 0.560. The van der Waals surface area contributed by atoms with Gasteiger partial charge in [-0.05, 0) is 51.8 Å². The van der Waals surface area contributed by atoms with Crippen LogP contribution in [0, 0.1) is 11.7 Å². The summed E-state index contributed by atoms with van der Waals surface area (Å²) in [6.07, 6.45) is 2.23. The van der Waals surface area contributed by atoms with Crippen LogP contribution in [0.5, 0.6) is 0 Å². The molecular weight excluding hydrogens is 458 g/mol. The normalized spacial score (nSPS) is 16.7. The number of guanidine groups is 1. The molecule has 0 bridgehead atoms. The van der Waals surface area contributed by atoms with Gasteiger partial charge in [-0.25, -0.2) is 4.39 Å². The number of rotatable bonds is 7. The first-order chi connectivity index (χ1) is 12.4. The van der Waals surface area contributed by atoms with Crippen LogP contribution >= 0.6 is 24.0 Å². The van der Waals surface area contributed by atoms with Crippen LogP contribution < -0.4 is 10.6 Å². The molecule has 7 heteroatoms. The van der Waals surface area contributed by atoms with E-state index < -0.39 is 0 Å². The third-order valence-corrected chi connectivity index (χ3v) is 5.07. The number of hydrogen-bond donors (Lipinski definition) is 2.